The van der Waals surface area contributed by atoms with Gasteiger partial charge in [-0.25, -0.2) is 5.43 Å². The highest BCUT2D eigenvalue weighted by atomic mass is 35.5. The second kappa shape index (κ2) is 7.96. The number of benzene rings is 2. The summed E-state index contributed by atoms with van der Waals surface area (Å²) in [5, 5.41) is 4.98. The van der Waals surface area contributed by atoms with Gasteiger partial charge in [0.1, 0.15) is 18.1 Å². The molecular weight excluding hydrogens is 403 g/mol. The standard InChI is InChI=1S/C20H14Cl2N2O4/c21-12-5-7-15(22)14(9-12)16-8-6-13(27-16)10-23-24-20(25)19-11-26-17-3-1-2-4-18(17)28-19/h1-10,19H,11H2,(H,24,25)/b23-10-/t19-/m1/s1. The second-order valence-corrected chi connectivity index (χ2v) is 6.77. The fourth-order valence-electron chi connectivity index (χ4n) is 2.63. The number of carbonyl (C=O) groups excluding carboxylic acids is 1. The molecule has 1 aliphatic rings. The number of nitrogens with one attached hydrogen (secondary N) is 1. The fraction of sp³-hybridized carbons (Fsp3) is 0.100. The van der Waals surface area contributed by atoms with Crippen LogP contribution in [0.2, 0.25) is 10.0 Å². The number of hydrogen-bond donors (Lipinski definition) is 1. The minimum atomic E-state index is -0.788. The van der Waals surface area contributed by atoms with Crippen LogP contribution in [0.5, 0.6) is 11.5 Å². The number of hydrogen-bond acceptors (Lipinski definition) is 5. The molecule has 1 aromatic heterocycles. The van der Waals surface area contributed by atoms with Crippen LogP contribution < -0.4 is 14.9 Å². The first-order valence-corrected chi connectivity index (χ1v) is 9.12. The van der Waals surface area contributed by atoms with E-state index >= 15 is 0 Å². The van der Waals surface area contributed by atoms with Gasteiger partial charge in [-0.05, 0) is 42.5 Å². The Labute approximate surface area is 170 Å². The summed E-state index contributed by atoms with van der Waals surface area (Å²) in [6, 6.07) is 15.7. The number of amides is 1. The van der Waals surface area contributed by atoms with Crippen LogP contribution in [0.25, 0.3) is 11.3 Å². The quantitative estimate of drug-likeness (QED) is 0.500. The van der Waals surface area contributed by atoms with E-state index in [1.807, 2.05) is 6.07 Å². The highest BCUT2D eigenvalue weighted by Gasteiger charge is 2.27. The molecule has 142 valence electrons. The minimum absolute atomic E-state index is 0.108. The normalized spacial score (nSPS) is 15.6. The monoisotopic (exact) mass is 416 g/mol. The summed E-state index contributed by atoms with van der Waals surface area (Å²) in [6.07, 6.45) is 0.599. The van der Waals surface area contributed by atoms with Gasteiger partial charge in [-0.1, -0.05) is 35.3 Å². The van der Waals surface area contributed by atoms with Crippen molar-refractivity contribution in [2.75, 3.05) is 6.61 Å². The smallest absolute Gasteiger partial charge is 0.284 e. The molecule has 6 nitrogen and oxygen atoms in total. The summed E-state index contributed by atoms with van der Waals surface area (Å²) < 4.78 is 16.8. The number of furan rings is 1. The van der Waals surface area contributed by atoms with Crippen LogP contribution in [0.15, 0.2) is 64.1 Å². The van der Waals surface area contributed by atoms with Crippen molar-refractivity contribution < 1.29 is 18.7 Å². The molecule has 3 aromatic rings. The van der Waals surface area contributed by atoms with E-state index in [2.05, 4.69) is 10.5 Å². The van der Waals surface area contributed by atoms with Gasteiger partial charge in [-0.2, -0.15) is 5.10 Å². The average Bonchev–Trinajstić information content (AvgIpc) is 3.18. The lowest BCUT2D eigenvalue weighted by atomic mass is 10.2. The van der Waals surface area contributed by atoms with E-state index in [1.165, 1.54) is 6.21 Å². The largest absolute Gasteiger partial charge is 0.485 e. The van der Waals surface area contributed by atoms with Crippen molar-refractivity contribution in [1.29, 1.82) is 0 Å². The van der Waals surface area contributed by atoms with Crippen molar-refractivity contribution >= 4 is 35.3 Å². The van der Waals surface area contributed by atoms with E-state index in [9.17, 15) is 4.79 Å². The third kappa shape index (κ3) is 3.98. The fourth-order valence-corrected chi connectivity index (χ4v) is 3.02. The van der Waals surface area contributed by atoms with E-state index in [4.69, 9.17) is 37.1 Å². The van der Waals surface area contributed by atoms with Crippen LogP contribution in [0, 0.1) is 0 Å². The van der Waals surface area contributed by atoms with Crippen molar-refractivity contribution in [3.8, 4) is 22.8 Å². The molecule has 28 heavy (non-hydrogen) atoms. The number of rotatable bonds is 4. The summed E-state index contributed by atoms with van der Waals surface area (Å²) >= 11 is 12.2. The number of nitrogens with zero attached hydrogens (tertiary/aromatic N) is 1. The topological polar surface area (TPSA) is 73.1 Å². The predicted octanol–water partition coefficient (Wildman–Crippen LogP) is 4.54. The van der Waals surface area contributed by atoms with Crippen molar-refractivity contribution in [3.63, 3.8) is 0 Å². The lowest BCUT2D eigenvalue weighted by Gasteiger charge is -2.24. The Bertz CT molecular complexity index is 1050. The molecule has 8 heteroatoms. The third-order valence-electron chi connectivity index (χ3n) is 3.99. The van der Waals surface area contributed by atoms with E-state index in [0.29, 0.717) is 38.6 Å². The van der Waals surface area contributed by atoms with Crippen molar-refractivity contribution in [3.05, 3.63) is 70.4 Å². The number of hydrazone groups is 1. The van der Waals surface area contributed by atoms with Crippen molar-refractivity contribution in [1.82, 2.24) is 5.43 Å². The van der Waals surface area contributed by atoms with Gasteiger partial charge in [0.2, 0.25) is 6.10 Å². The summed E-state index contributed by atoms with van der Waals surface area (Å²) in [5.41, 5.74) is 3.09. The summed E-state index contributed by atoms with van der Waals surface area (Å²) in [4.78, 5) is 12.2. The lowest BCUT2D eigenvalue weighted by Crippen LogP contribution is -2.42. The Morgan fingerprint density at radius 3 is 2.79 bits per heavy atom. The van der Waals surface area contributed by atoms with E-state index in [-0.39, 0.29) is 6.61 Å². The van der Waals surface area contributed by atoms with Crippen LogP contribution in [0.1, 0.15) is 5.76 Å². The number of para-hydroxylation sites is 2. The Hall–Kier alpha value is -2.96. The van der Waals surface area contributed by atoms with Gasteiger partial charge < -0.3 is 13.9 Å². The number of carbonyl (C=O) groups is 1. The molecule has 1 atom stereocenters. The van der Waals surface area contributed by atoms with Gasteiger partial charge in [0, 0.05) is 10.6 Å². The molecule has 2 heterocycles. The molecule has 0 bridgehead atoms. The van der Waals surface area contributed by atoms with Gasteiger partial charge in [0.25, 0.3) is 5.91 Å². The first-order valence-electron chi connectivity index (χ1n) is 8.37. The maximum atomic E-state index is 12.2. The molecule has 1 amide bonds. The zero-order valence-electron chi connectivity index (χ0n) is 14.4. The highest BCUT2D eigenvalue weighted by Crippen LogP contribution is 2.32. The molecule has 0 saturated heterocycles. The molecule has 4 rings (SSSR count). The Balaban J connectivity index is 1.39. The zero-order chi connectivity index (χ0) is 19.5. The van der Waals surface area contributed by atoms with Crippen LogP contribution >= 0.6 is 23.2 Å². The van der Waals surface area contributed by atoms with Crippen LogP contribution in [0.3, 0.4) is 0 Å². The predicted molar refractivity (Wildman–Crippen MR) is 106 cm³/mol. The van der Waals surface area contributed by atoms with Gasteiger partial charge in [0.05, 0.1) is 11.2 Å². The molecule has 0 spiro atoms. The molecule has 1 aliphatic heterocycles. The third-order valence-corrected chi connectivity index (χ3v) is 4.55. The van der Waals surface area contributed by atoms with Crippen LogP contribution in [-0.4, -0.2) is 24.8 Å². The maximum Gasteiger partial charge on any atom is 0.284 e. The Morgan fingerprint density at radius 1 is 1.11 bits per heavy atom. The van der Waals surface area contributed by atoms with E-state index < -0.39 is 12.0 Å². The minimum Gasteiger partial charge on any atom is -0.485 e. The van der Waals surface area contributed by atoms with Gasteiger partial charge in [0.15, 0.2) is 11.5 Å². The molecule has 1 N–H and O–H groups in total. The van der Waals surface area contributed by atoms with Gasteiger partial charge in [-0.15, -0.1) is 0 Å². The van der Waals surface area contributed by atoms with Crippen molar-refractivity contribution in [2.24, 2.45) is 5.10 Å². The van der Waals surface area contributed by atoms with E-state index in [0.717, 1.165) is 0 Å². The lowest BCUT2D eigenvalue weighted by molar-refractivity contribution is -0.130. The summed E-state index contributed by atoms with van der Waals surface area (Å²) in [7, 11) is 0. The average molecular weight is 417 g/mol. The highest BCUT2D eigenvalue weighted by molar-refractivity contribution is 6.35. The van der Waals surface area contributed by atoms with Crippen molar-refractivity contribution in [2.45, 2.75) is 6.10 Å². The first kappa shape index (κ1) is 18.4. The SMILES string of the molecule is O=C(N/N=C\c1ccc(-c2cc(Cl)ccc2Cl)o1)[C@H]1COc2ccccc2O1. The number of halogens is 2. The molecular formula is C20H14Cl2N2O4. The zero-order valence-corrected chi connectivity index (χ0v) is 15.9. The molecule has 2 aromatic carbocycles. The molecule has 0 unspecified atom stereocenters. The van der Waals surface area contributed by atoms with Gasteiger partial charge >= 0.3 is 0 Å². The first-order chi connectivity index (χ1) is 13.6. The Morgan fingerprint density at radius 2 is 1.93 bits per heavy atom. The van der Waals surface area contributed by atoms with Crippen LogP contribution in [-0.2, 0) is 4.79 Å². The molecule has 0 fully saturated rings. The number of ether oxygens (including phenoxy) is 2. The maximum absolute atomic E-state index is 12.2. The second-order valence-electron chi connectivity index (χ2n) is 5.92. The number of fused-ring (bicyclic) bond motifs is 1. The molecule has 0 saturated carbocycles. The molecule has 0 aliphatic carbocycles. The Kier molecular flexibility index (Phi) is 5.23. The van der Waals surface area contributed by atoms with Crippen LogP contribution in [0.4, 0.5) is 0 Å². The summed E-state index contributed by atoms with van der Waals surface area (Å²) in [6.45, 7) is 0.108. The summed E-state index contributed by atoms with van der Waals surface area (Å²) in [5.74, 6) is 1.69. The molecule has 0 radical (unpaired) electrons. The van der Waals surface area contributed by atoms with E-state index in [1.54, 1.807) is 48.5 Å². The van der Waals surface area contributed by atoms with Gasteiger partial charge in [-0.3, -0.25) is 4.79 Å².